The van der Waals surface area contributed by atoms with Crippen molar-refractivity contribution in [3.05, 3.63) is 34.1 Å². The first-order valence-corrected chi connectivity index (χ1v) is 6.37. The molecule has 2 aliphatic rings. The zero-order valence-electron chi connectivity index (χ0n) is 10.5. The van der Waals surface area contributed by atoms with Crippen molar-refractivity contribution >= 4 is 16.9 Å². The van der Waals surface area contributed by atoms with Crippen LogP contribution in [0.3, 0.4) is 0 Å². The molecule has 6 nitrogen and oxygen atoms in total. The first-order valence-electron chi connectivity index (χ1n) is 6.37. The number of hydrogen-bond donors (Lipinski definition) is 1. The molecule has 0 radical (unpaired) electrons. The number of fused-ring (bicyclic) bond motifs is 2. The zero-order chi connectivity index (χ0) is 13.9. The number of nitrogens with zero attached hydrogens (tertiary/aromatic N) is 1. The Labute approximate surface area is 113 Å². The van der Waals surface area contributed by atoms with E-state index in [0.29, 0.717) is 22.4 Å². The monoisotopic (exact) mass is 273 g/mol. The fraction of sp³-hybridized carbons (Fsp3) is 0.286. The molecule has 0 bridgehead atoms. The molecule has 1 aliphatic carbocycles. The lowest BCUT2D eigenvalue weighted by Crippen LogP contribution is -2.18. The topological polar surface area (TPSA) is 77.8 Å². The third kappa shape index (κ3) is 1.51. The molecule has 20 heavy (non-hydrogen) atoms. The van der Waals surface area contributed by atoms with Crippen molar-refractivity contribution in [2.45, 2.75) is 18.9 Å². The molecule has 6 heteroatoms. The number of benzene rings is 1. The maximum Gasteiger partial charge on any atom is 0.341 e. The van der Waals surface area contributed by atoms with Crippen molar-refractivity contribution in [1.82, 2.24) is 4.57 Å². The van der Waals surface area contributed by atoms with E-state index in [0.717, 1.165) is 12.8 Å². The van der Waals surface area contributed by atoms with E-state index < -0.39 is 11.4 Å². The lowest BCUT2D eigenvalue weighted by molar-refractivity contribution is 0.0695. The van der Waals surface area contributed by atoms with Crippen LogP contribution in [0.25, 0.3) is 10.9 Å². The molecular weight excluding hydrogens is 262 g/mol. The Balaban J connectivity index is 2.11. The van der Waals surface area contributed by atoms with Crippen LogP contribution in [0.2, 0.25) is 0 Å². The van der Waals surface area contributed by atoms with E-state index in [1.807, 2.05) is 4.57 Å². The summed E-state index contributed by atoms with van der Waals surface area (Å²) in [5.41, 5.74) is 0.0118. The number of carboxylic acid groups (broad SMARTS) is 1. The van der Waals surface area contributed by atoms with Gasteiger partial charge in [-0.15, -0.1) is 0 Å². The Morgan fingerprint density at radius 1 is 1.25 bits per heavy atom. The van der Waals surface area contributed by atoms with Gasteiger partial charge in [0.2, 0.25) is 12.2 Å². The number of pyridine rings is 1. The Hall–Kier alpha value is -2.50. The van der Waals surface area contributed by atoms with Gasteiger partial charge < -0.3 is 19.1 Å². The highest BCUT2D eigenvalue weighted by molar-refractivity contribution is 5.93. The van der Waals surface area contributed by atoms with Crippen LogP contribution in [0, 0.1) is 0 Å². The van der Waals surface area contributed by atoms with Gasteiger partial charge in [-0.25, -0.2) is 4.79 Å². The van der Waals surface area contributed by atoms with Gasteiger partial charge in [-0.3, -0.25) is 4.79 Å². The Kier molecular flexibility index (Phi) is 2.13. The second-order valence-corrected chi connectivity index (χ2v) is 5.04. The van der Waals surface area contributed by atoms with Crippen LogP contribution >= 0.6 is 0 Å². The summed E-state index contributed by atoms with van der Waals surface area (Å²) in [5, 5.41) is 9.54. The van der Waals surface area contributed by atoms with Crippen LogP contribution in [0.5, 0.6) is 11.5 Å². The first kappa shape index (κ1) is 11.3. The molecular formula is C14H11NO5. The zero-order valence-corrected chi connectivity index (χ0v) is 10.5. The average Bonchev–Trinajstić information content (AvgIpc) is 3.15. The van der Waals surface area contributed by atoms with Crippen LogP contribution in [0.15, 0.2) is 23.1 Å². The van der Waals surface area contributed by atoms with E-state index in [-0.39, 0.29) is 18.4 Å². The summed E-state index contributed by atoms with van der Waals surface area (Å²) in [4.78, 5) is 23.5. The second kappa shape index (κ2) is 3.75. The molecule has 0 amide bonds. The van der Waals surface area contributed by atoms with Crippen molar-refractivity contribution in [1.29, 1.82) is 0 Å². The average molecular weight is 273 g/mol. The van der Waals surface area contributed by atoms with E-state index in [1.165, 1.54) is 6.20 Å². The molecule has 1 fully saturated rings. The molecule has 1 saturated carbocycles. The van der Waals surface area contributed by atoms with Crippen LogP contribution in [0.1, 0.15) is 29.2 Å². The highest BCUT2D eigenvalue weighted by Crippen LogP contribution is 2.40. The minimum atomic E-state index is -1.20. The highest BCUT2D eigenvalue weighted by Gasteiger charge is 2.28. The summed E-state index contributed by atoms with van der Waals surface area (Å²) in [5.74, 6) is -0.127. The van der Waals surface area contributed by atoms with Gasteiger partial charge in [-0.05, 0) is 18.9 Å². The van der Waals surface area contributed by atoms with Crippen molar-refractivity contribution < 1.29 is 19.4 Å². The third-order valence-corrected chi connectivity index (χ3v) is 3.70. The normalized spacial score (nSPS) is 16.6. The number of aromatic nitrogens is 1. The summed E-state index contributed by atoms with van der Waals surface area (Å²) in [6.07, 6.45) is 3.42. The predicted octanol–water partition coefficient (Wildman–Crippen LogP) is 1.76. The van der Waals surface area contributed by atoms with Crippen molar-refractivity contribution in [3.63, 3.8) is 0 Å². The molecule has 4 rings (SSSR count). The quantitative estimate of drug-likeness (QED) is 0.902. The molecule has 1 aromatic heterocycles. The minimum absolute atomic E-state index is 0.120. The van der Waals surface area contributed by atoms with Crippen molar-refractivity contribution in [3.8, 4) is 11.5 Å². The molecule has 102 valence electrons. The van der Waals surface area contributed by atoms with E-state index in [4.69, 9.17) is 9.47 Å². The number of hydrogen-bond acceptors (Lipinski definition) is 4. The molecule has 0 saturated heterocycles. The summed E-state index contributed by atoms with van der Waals surface area (Å²) < 4.78 is 12.4. The van der Waals surface area contributed by atoms with E-state index >= 15 is 0 Å². The smallest absolute Gasteiger partial charge is 0.341 e. The number of ether oxygens (including phenoxy) is 2. The van der Waals surface area contributed by atoms with Crippen LogP contribution < -0.4 is 14.9 Å². The number of aromatic carboxylic acids is 1. The lowest BCUT2D eigenvalue weighted by atomic mass is 10.1. The molecule has 0 atom stereocenters. The van der Waals surface area contributed by atoms with E-state index in [9.17, 15) is 14.7 Å². The fourth-order valence-corrected chi connectivity index (χ4v) is 2.55. The van der Waals surface area contributed by atoms with E-state index in [2.05, 4.69) is 0 Å². The van der Waals surface area contributed by atoms with Crippen molar-refractivity contribution in [2.24, 2.45) is 0 Å². The standard InChI is InChI=1S/C14H11NO5/c16-13-8-3-11-12(20-6-19-11)4-10(8)15(7-1-2-7)5-9(13)14(17)18/h3-5,7H,1-2,6H2,(H,17,18). The minimum Gasteiger partial charge on any atom is -0.477 e. The van der Waals surface area contributed by atoms with Gasteiger partial charge >= 0.3 is 5.97 Å². The lowest BCUT2D eigenvalue weighted by Gasteiger charge is -2.11. The number of carbonyl (C=O) groups is 1. The van der Waals surface area contributed by atoms with Gasteiger partial charge in [0.05, 0.1) is 10.9 Å². The summed E-state index contributed by atoms with van der Waals surface area (Å²) in [7, 11) is 0. The Bertz CT molecular complexity index is 803. The fourth-order valence-electron chi connectivity index (χ4n) is 2.55. The molecule has 1 aliphatic heterocycles. The number of carboxylic acids is 1. The molecule has 0 unspecified atom stereocenters. The van der Waals surface area contributed by atoms with Crippen LogP contribution in [-0.2, 0) is 0 Å². The molecule has 1 N–H and O–H groups in total. The number of rotatable bonds is 2. The molecule has 2 heterocycles. The maximum atomic E-state index is 12.3. The molecule has 2 aromatic rings. The Morgan fingerprint density at radius 3 is 2.60 bits per heavy atom. The molecule has 1 aromatic carbocycles. The van der Waals surface area contributed by atoms with E-state index in [1.54, 1.807) is 12.1 Å². The van der Waals surface area contributed by atoms with Gasteiger partial charge in [0.25, 0.3) is 0 Å². The molecule has 0 spiro atoms. The summed E-state index contributed by atoms with van der Waals surface area (Å²) in [6.45, 7) is 0.120. The van der Waals surface area contributed by atoms with Gasteiger partial charge in [-0.1, -0.05) is 0 Å². The predicted molar refractivity (Wildman–Crippen MR) is 69.6 cm³/mol. The first-order chi connectivity index (χ1) is 9.65. The Morgan fingerprint density at radius 2 is 1.95 bits per heavy atom. The third-order valence-electron chi connectivity index (χ3n) is 3.70. The summed E-state index contributed by atoms with van der Waals surface area (Å²) in [6, 6.07) is 3.59. The van der Waals surface area contributed by atoms with Gasteiger partial charge in [-0.2, -0.15) is 0 Å². The van der Waals surface area contributed by atoms with Gasteiger partial charge in [0, 0.05) is 18.3 Å². The van der Waals surface area contributed by atoms with Crippen LogP contribution in [-0.4, -0.2) is 22.4 Å². The van der Waals surface area contributed by atoms with Crippen molar-refractivity contribution in [2.75, 3.05) is 6.79 Å². The second-order valence-electron chi connectivity index (χ2n) is 5.04. The van der Waals surface area contributed by atoms with Crippen LogP contribution in [0.4, 0.5) is 0 Å². The SMILES string of the molecule is O=C(O)c1cn(C2CC2)c2cc3c(cc2c1=O)OCO3. The maximum absolute atomic E-state index is 12.3. The summed E-state index contributed by atoms with van der Waals surface area (Å²) >= 11 is 0. The van der Waals surface area contributed by atoms with Gasteiger partial charge in [0.15, 0.2) is 11.5 Å². The largest absolute Gasteiger partial charge is 0.477 e. The highest BCUT2D eigenvalue weighted by atomic mass is 16.7. The van der Waals surface area contributed by atoms with Gasteiger partial charge in [0.1, 0.15) is 5.56 Å².